The number of rotatable bonds is 4. The van der Waals surface area contributed by atoms with Crippen LogP contribution in [-0.2, 0) is 0 Å². The maximum atomic E-state index is 4.16. The van der Waals surface area contributed by atoms with Crippen LogP contribution in [0, 0.1) is 0 Å². The fourth-order valence-electron chi connectivity index (χ4n) is 0.637. The van der Waals surface area contributed by atoms with Gasteiger partial charge in [0, 0.05) is 0 Å². The van der Waals surface area contributed by atoms with Gasteiger partial charge >= 0.3 is 0 Å². The van der Waals surface area contributed by atoms with Gasteiger partial charge in [-0.2, -0.15) is 12.6 Å². The molecule has 0 aromatic heterocycles. The Morgan fingerprint density at radius 3 is 2.44 bits per heavy atom. The molecule has 54 valence electrons. The highest BCUT2D eigenvalue weighted by atomic mass is 32.1. The lowest BCUT2D eigenvalue weighted by molar-refractivity contribution is 1.07. The minimum atomic E-state index is -0.983. The molecular formula is C7H16SSi. The summed E-state index contributed by atoms with van der Waals surface area (Å²) < 4.78 is 0. The molecule has 0 saturated carbocycles. The van der Waals surface area contributed by atoms with E-state index in [1.54, 1.807) is 0 Å². The second-order valence-electron chi connectivity index (χ2n) is 3.02. The first-order chi connectivity index (χ1) is 4.12. The first kappa shape index (κ1) is 9.31. The molecular weight excluding hydrogens is 144 g/mol. The van der Waals surface area contributed by atoms with Gasteiger partial charge in [0.25, 0.3) is 0 Å². The molecule has 0 amide bonds. The molecule has 0 atom stereocenters. The van der Waals surface area contributed by atoms with E-state index in [4.69, 9.17) is 0 Å². The Bertz CT molecular complexity index is 88.9. The predicted octanol–water partition coefficient (Wildman–Crippen LogP) is 2.74. The summed E-state index contributed by atoms with van der Waals surface area (Å²) in [5, 5.41) is 0. The Hall–Kier alpha value is 0.307. The SMILES string of the molecule is C=C[Si](C)(C)CCCS. The second-order valence-corrected chi connectivity index (χ2v) is 8.35. The van der Waals surface area contributed by atoms with E-state index in [2.05, 4.69) is 38.0 Å². The van der Waals surface area contributed by atoms with Crippen molar-refractivity contribution in [3.05, 3.63) is 12.3 Å². The first-order valence-corrected chi connectivity index (χ1v) is 7.28. The summed E-state index contributed by atoms with van der Waals surface area (Å²) in [5.41, 5.74) is 2.15. The van der Waals surface area contributed by atoms with Gasteiger partial charge in [0.2, 0.25) is 0 Å². The third-order valence-corrected chi connectivity index (χ3v) is 4.60. The monoisotopic (exact) mass is 160 g/mol. The van der Waals surface area contributed by atoms with Crippen molar-refractivity contribution in [2.45, 2.75) is 25.6 Å². The third kappa shape index (κ3) is 4.79. The fourth-order valence-corrected chi connectivity index (χ4v) is 2.38. The Kier molecular flexibility index (Phi) is 4.32. The van der Waals surface area contributed by atoms with Gasteiger partial charge in [-0.1, -0.05) is 19.1 Å². The highest BCUT2D eigenvalue weighted by molar-refractivity contribution is 7.80. The Labute approximate surface area is 64.8 Å². The largest absolute Gasteiger partial charge is 0.179 e. The van der Waals surface area contributed by atoms with E-state index in [9.17, 15) is 0 Å². The maximum Gasteiger partial charge on any atom is 0.0710 e. The van der Waals surface area contributed by atoms with E-state index < -0.39 is 8.07 Å². The van der Waals surface area contributed by atoms with Crippen molar-refractivity contribution in [1.82, 2.24) is 0 Å². The van der Waals surface area contributed by atoms with Crippen LogP contribution in [0.3, 0.4) is 0 Å². The molecule has 0 aromatic rings. The topological polar surface area (TPSA) is 0 Å². The van der Waals surface area contributed by atoms with Crippen molar-refractivity contribution in [2.24, 2.45) is 0 Å². The van der Waals surface area contributed by atoms with Crippen molar-refractivity contribution in [1.29, 1.82) is 0 Å². The molecule has 9 heavy (non-hydrogen) atoms. The molecule has 0 saturated heterocycles. The smallest absolute Gasteiger partial charge is 0.0710 e. The molecule has 2 heteroatoms. The molecule has 0 aliphatic heterocycles. The van der Waals surface area contributed by atoms with Gasteiger partial charge in [0.1, 0.15) is 0 Å². The third-order valence-electron chi connectivity index (χ3n) is 1.53. The average molecular weight is 160 g/mol. The molecule has 0 N–H and O–H groups in total. The van der Waals surface area contributed by atoms with Crippen molar-refractivity contribution >= 4 is 20.7 Å². The molecule has 0 spiro atoms. The van der Waals surface area contributed by atoms with Gasteiger partial charge in [-0.3, -0.25) is 0 Å². The van der Waals surface area contributed by atoms with Crippen LogP contribution in [0.2, 0.25) is 19.1 Å². The molecule has 0 aromatic carbocycles. The quantitative estimate of drug-likeness (QED) is 0.474. The Morgan fingerprint density at radius 1 is 1.56 bits per heavy atom. The van der Waals surface area contributed by atoms with Gasteiger partial charge < -0.3 is 0 Å². The zero-order chi connectivity index (χ0) is 7.33. The fraction of sp³-hybridized carbons (Fsp3) is 0.714. The van der Waals surface area contributed by atoms with Crippen molar-refractivity contribution in [2.75, 3.05) is 5.75 Å². The first-order valence-electron chi connectivity index (χ1n) is 3.37. The van der Waals surface area contributed by atoms with E-state index in [1.807, 2.05) is 0 Å². The van der Waals surface area contributed by atoms with Crippen LogP contribution >= 0.6 is 12.6 Å². The van der Waals surface area contributed by atoms with E-state index in [-0.39, 0.29) is 0 Å². The summed E-state index contributed by atoms with van der Waals surface area (Å²) in [7, 11) is -0.983. The van der Waals surface area contributed by atoms with Crippen LogP contribution in [0.25, 0.3) is 0 Å². The molecule has 0 aliphatic rings. The second kappa shape index (κ2) is 4.17. The summed E-state index contributed by atoms with van der Waals surface area (Å²) in [4.78, 5) is 0. The lowest BCUT2D eigenvalue weighted by Crippen LogP contribution is -2.21. The van der Waals surface area contributed by atoms with Gasteiger partial charge in [0.05, 0.1) is 8.07 Å². The molecule has 0 radical (unpaired) electrons. The number of hydrogen-bond acceptors (Lipinski definition) is 1. The summed E-state index contributed by atoms with van der Waals surface area (Å²) in [5.74, 6) is 1.02. The standard InChI is InChI=1S/C7H16SSi/c1-4-9(2,3)7-5-6-8/h4,8H,1,5-7H2,2-3H3. The molecule has 0 fully saturated rings. The zero-order valence-corrected chi connectivity index (χ0v) is 8.25. The predicted molar refractivity (Wildman–Crippen MR) is 51.0 cm³/mol. The minimum Gasteiger partial charge on any atom is -0.179 e. The van der Waals surface area contributed by atoms with Crippen LogP contribution in [0.4, 0.5) is 0 Å². The number of thiol groups is 1. The van der Waals surface area contributed by atoms with Crippen molar-refractivity contribution in [3.8, 4) is 0 Å². The lowest BCUT2D eigenvalue weighted by atomic mass is 10.6. The normalized spacial score (nSPS) is 11.4. The number of hydrogen-bond donors (Lipinski definition) is 1. The average Bonchev–Trinajstić information content (AvgIpc) is 1.84. The van der Waals surface area contributed by atoms with Crippen molar-refractivity contribution in [3.63, 3.8) is 0 Å². The van der Waals surface area contributed by atoms with Crippen LogP contribution in [0.15, 0.2) is 12.3 Å². The summed E-state index contributed by atoms with van der Waals surface area (Å²) in [6.07, 6.45) is 1.24. The maximum absolute atomic E-state index is 4.16. The Morgan fingerprint density at radius 2 is 2.11 bits per heavy atom. The van der Waals surface area contributed by atoms with E-state index >= 15 is 0 Å². The van der Waals surface area contributed by atoms with Crippen LogP contribution in [0.1, 0.15) is 6.42 Å². The molecule has 0 aliphatic carbocycles. The Balaban J connectivity index is 3.45. The highest BCUT2D eigenvalue weighted by Gasteiger charge is 2.13. The van der Waals surface area contributed by atoms with Crippen LogP contribution in [-0.4, -0.2) is 13.8 Å². The van der Waals surface area contributed by atoms with Gasteiger partial charge in [-0.15, -0.1) is 12.3 Å². The molecule has 0 bridgehead atoms. The summed E-state index contributed by atoms with van der Waals surface area (Å²) in [6.45, 7) is 8.50. The molecule has 0 unspecified atom stereocenters. The highest BCUT2D eigenvalue weighted by Crippen LogP contribution is 2.12. The molecule has 0 heterocycles. The van der Waals surface area contributed by atoms with E-state index in [0.717, 1.165) is 5.75 Å². The summed E-state index contributed by atoms with van der Waals surface area (Å²) in [6, 6.07) is 1.33. The van der Waals surface area contributed by atoms with Gasteiger partial charge in [0.15, 0.2) is 0 Å². The summed E-state index contributed by atoms with van der Waals surface area (Å²) >= 11 is 4.16. The molecule has 0 rings (SSSR count). The lowest BCUT2D eigenvalue weighted by Gasteiger charge is -2.15. The van der Waals surface area contributed by atoms with Crippen LogP contribution in [0.5, 0.6) is 0 Å². The minimum absolute atomic E-state index is 0.983. The van der Waals surface area contributed by atoms with Gasteiger partial charge in [-0.25, -0.2) is 0 Å². The van der Waals surface area contributed by atoms with Crippen molar-refractivity contribution < 1.29 is 0 Å². The van der Waals surface area contributed by atoms with E-state index in [0.29, 0.717) is 0 Å². The molecule has 0 nitrogen and oxygen atoms in total. The van der Waals surface area contributed by atoms with E-state index in [1.165, 1.54) is 12.5 Å². The zero-order valence-electron chi connectivity index (χ0n) is 6.35. The van der Waals surface area contributed by atoms with Gasteiger partial charge in [-0.05, 0) is 12.2 Å². The van der Waals surface area contributed by atoms with Crippen LogP contribution < -0.4 is 0 Å².